The second-order valence-corrected chi connectivity index (χ2v) is 6.78. The molecule has 0 saturated heterocycles. The van der Waals surface area contributed by atoms with Gasteiger partial charge in [0.1, 0.15) is 6.04 Å². The van der Waals surface area contributed by atoms with E-state index in [0.717, 1.165) is 27.7 Å². The maximum atomic E-state index is 11.7. The second kappa shape index (κ2) is 5.36. The summed E-state index contributed by atoms with van der Waals surface area (Å²) in [7, 11) is 0. The summed E-state index contributed by atoms with van der Waals surface area (Å²) < 4.78 is 0. The molecule has 4 rings (SSSR count). The summed E-state index contributed by atoms with van der Waals surface area (Å²) in [5.41, 5.74) is 3.20. The Labute approximate surface area is 144 Å². The van der Waals surface area contributed by atoms with Gasteiger partial charge in [0.15, 0.2) is 0 Å². The summed E-state index contributed by atoms with van der Waals surface area (Å²) in [6, 6.07) is 14.9. The van der Waals surface area contributed by atoms with Crippen molar-refractivity contribution in [3.8, 4) is 0 Å². The Bertz CT molecular complexity index is 949. The van der Waals surface area contributed by atoms with Gasteiger partial charge in [0.2, 0.25) is 0 Å². The number of aromatic amines is 1. The predicted octanol–water partition coefficient (Wildman–Crippen LogP) is 3.68. The standard InChI is InChI=1S/C19H17ClN2O2/c1-19(13-7-3-4-8-14(13)20)17-12(10-16(22-19)18(23)24)11-6-2-5-9-15(11)21-17/h2-9,16,21-22H,10H2,1H3,(H,23,24)/t16-,19+/m0/s1. The van der Waals surface area contributed by atoms with Gasteiger partial charge in [-0.05, 0) is 30.2 Å². The number of aromatic nitrogens is 1. The summed E-state index contributed by atoms with van der Waals surface area (Å²) in [4.78, 5) is 15.2. The first kappa shape index (κ1) is 15.2. The topological polar surface area (TPSA) is 65.1 Å². The fourth-order valence-electron chi connectivity index (χ4n) is 3.74. The average Bonchev–Trinajstić information content (AvgIpc) is 2.95. The fraction of sp³-hybridized carbons (Fsp3) is 0.211. The second-order valence-electron chi connectivity index (χ2n) is 6.37. The highest BCUT2D eigenvalue weighted by molar-refractivity contribution is 6.31. The SMILES string of the molecule is C[C@]1(c2ccccc2Cl)N[C@H](C(=O)O)Cc2c1[nH]c1ccccc21. The molecule has 2 atom stereocenters. The van der Waals surface area contributed by atoms with Crippen LogP contribution in [-0.2, 0) is 16.8 Å². The zero-order chi connectivity index (χ0) is 16.9. The number of rotatable bonds is 2. The number of H-pyrrole nitrogens is 1. The molecule has 0 fully saturated rings. The molecule has 5 heteroatoms. The van der Waals surface area contributed by atoms with E-state index in [4.69, 9.17) is 11.6 Å². The van der Waals surface area contributed by atoms with Crippen molar-refractivity contribution in [2.24, 2.45) is 0 Å². The number of carboxylic acid groups (broad SMARTS) is 1. The number of carboxylic acids is 1. The molecule has 0 bridgehead atoms. The number of aliphatic carboxylic acids is 1. The minimum atomic E-state index is -0.857. The molecular weight excluding hydrogens is 324 g/mol. The first-order valence-corrected chi connectivity index (χ1v) is 8.24. The molecule has 1 aromatic heterocycles. The van der Waals surface area contributed by atoms with Gasteiger partial charge in [-0.2, -0.15) is 0 Å². The van der Waals surface area contributed by atoms with Crippen molar-refractivity contribution in [1.82, 2.24) is 10.3 Å². The van der Waals surface area contributed by atoms with E-state index in [1.165, 1.54) is 0 Å². The third kappa shape index (κ3) is 2.14. The van der Waals surface area contributed by atoms with Crippen molar-refractivity contribution < 1.29 is 9.90 Å². The molecular formula is C19H17ClN2O2. The van der Waals surface area contributed by atoms with Gasteiger partial charge >= 0.3 is 5.97 Å². The van der Waals surface area contributed by atoms with Gasteiger partial charge in [-0.25, -0.2) is 0 Å². The highest BCUT2D eigenvalue weighted by Crippen LogP contribution is 2.41. The molecule has 1 aliphatic heterocycles. The monoisotopic (exact) mass is 340 g/mol. The molecule has 122 valence electrons. The summed E-state index contributed by atoms with van der Waals surface area (Å²) >= 11 is 6.44. The van der Waals surface area contributed by atoms with Crippen LogP contribution in [0.4, 0.5) is 0 Å². The lowest BCUT2D eigenvalue weighted by atomic mass is 9.80. The number of halogens is 1. The summed E-state index contributed by atoms with van der Waals surface area (Å²) in [5, 5.41) is 14.6. The van der Waals surface area contributed by atoms with E-state index in [9.17, 15) is 9.90 Å². The molecule has 2 aromatic carbocycles. The molecule has 0 spiro atoms. The summed E-state index contributed by atoms with van der Waals surface area (Å²) in [6.07, 6.45) is 0.439. The molecule has 0 radical (unpaired) electrons. The van der Waals surface area contributed by atoms with Crippen molar-refractivity contribution >= 4 is 28.5 Å². The predicted molar refractivity (Wildman–Crippen MR) is 94.5 cm³/mol. The van der Waals surface area contributed by atoms with Crippen LogP contribution in [0.25, 0.3) is 10.9 Å². The lowest BCUT2D eigenvalue weighted by Gasteiger charge is -2.39. The smallest absolute Gasteiger partial charge is 0.321 e. The van der Waals surface area contributed by atoms with Crippen molar-refractivity contribution in [2.75, 3.05) is 0 Å². The van der Waals surface area contributed by atoms with Crippen LogP contribution in [0.15, 0.2) is 48.5 Å². The van der Waals surface area contributed by atoms with Gasteiger partial charge in [-0.1, -0.05) is 48.0 Å². The molecule has 24 heavy (non-hydrogen) atoms. The third-order valence-corrected chi connectivity index (χ3v) is 5.23. The highest BCUT2D eigenvalue weighted by atomic mass is 35.5. The Balaban J connectivity index is 2.01. The summed E-state index contributed by atoms with van der Waals surface area (Å²) in [5.74, 6) is -0.857. The van der Waals surface area contributed by atoms with Gasteiger partial charge in [0, 0.05) is 28.0 Å². The lowest BCUT2D eigenvalue weighted by molar-refractivity contribution is -0.140. The van der Waals surface area contributed by atoms with E-state index in [0.29, 0.717) is 11.4 Å². The highest BCUT2D eigenvalue weighted by Gasteiger charge is 2.43. The van der Waals surface area contributed by atoms with Gasteiger partial charge < -0.3 is 10.1 Å². The summed E-state index contributed by atoms with van der Waals surface area (Å²) in [6.45, 7) is 1.98. The largest absolute Gasteiger partial charge is 0.480 e. The molecule has 4 nitrogen and oxygen atoms in total. The van der Waals surface area contributed by atoms with Crippen molar-refractivity contribution in [3.05, 3.63) is 70.4 Å². The third-order valence-electron chi connectivity index (χ3n) is 4.90. The van der Waals surface area contributed by atoms with E-state index in [1.54, 1.807) is 0 Å². The van der Waals surface area contributed by atoms with Crippen molar-refractivity contribution in [2.45, 2.75) is 24.9 Å². The fourth-order valence-corrected chi connectivity index (χ4v) is 4.07. The number of para-hydroxylation sites is 1. The molecule has 0 amide bonds. The quantitative estimate of drug-likeness (QED) is 0.666. The van der Waals surface area contributed by atoms with Crippen LogP contribution in [0.3, 0.4) is 0 Å². The molecule has 3 N–H and O–H groups in total. The Morgan fingerprint density at radius 1 is 1.21 bits per heavy atom. The molecule has 0 unspecified atom stereocenters. The number of hydrogen-bond acceptors (Lipinski definition) is 2. The first-order valence-electron chi connectivity index (χ1n) is 7.86. The van der Waals surface area contributed by atoms with Gasteiger partial charge in [-0.15, -0.1) is 0 Å². The Kier molecular flexibility index (Phi) is 3.41. The number of carbonyl (C=O) groups is 1. The maximum absolute atomic E-state index is 11.7. The van der Waals surface area contributed by atoms with Gasteiger partial charge in [-0.3, -0.25) is 10.1 Å². The zero-order valence-corrected chi connectivity index (χ0v) is 13.9. The van der Waals surface area contributed by atoms with E-state index in [2.05, 4.69) is 10.3 Å². The molecule has 1 aliphatic rings. The van der Waals surface area contributed by atoms with Crippen LogP contribution in [0.1, 0.15) is 23.7 Å². The Morgan fingerprint density at radius 3 is 2.67 bits per heavy atom. The van der Waals surface area contributed by atoms with E-state index < -0.39 is 17.6 Å². The normalized spacial score (nSPS) is 23.2. The molecule has 0 saturated carbocycles. The molecule has 2 heterocycles. The van der Waals surface area contributed by atoms with E-state index in [-0.39, 0.29) is 0 Å². The molecule has 0 aliphatic carbocycles. The van der Waals surface area contributed by atoms with Crippen LogP contribution in [-0.4, -0.2) is 22.1 Å². The van der Waals surface area contributed by atoms with Crippen LogP contribution >= 0.6 is 11.6 Å². The number of hydrogen-bond donors (Lipinski definition) is 3. The number of fused-ring (bicyclic) bond motifs is 3. The van der Waals surface area contributed by atoms with E-state index >= 15 is 0 Å². The van der Waals surface area contributed by atoms with Crippen LogP contribution < -0.4 is 5.32 Å². The lowest BCUT2D eigenvalue weighted by Crippen LogP contribution is -2.54. The minimum Gasteiger partial charge on any atom is -0.480 e. The molecule has 3 aromatic rings. The van der Waals surface area contributed by atoms with E-state index in [1.807, 2.05) is 55.5 Å². The van der Waals surface area contributed by atoms with Crippen molar-refractivity contribution in [3.63, 3.8) is 0 Å². The van der Waals surface area contributed by atoms with Gasteiger partial charge in [0.25, 0.3) is 0 Å². The average molecular weight is 341 g/mol. The Morgan fingerprint density at radius 2 is 1.92 bits per heavy atom. The number of nitrogens with one attached hydrogen (secondary N) is 2. The van der Waals surface area contributed by atoms with Gasteiger partial charge in [0.05, 0.1) is 5.54 Å². The van der Waals surface area contributed by atoms with Crippen molar-refractivity contribution in [1.29, 1.82) is 0 Å². The maximum Gasteiger partial charge on any atom is 0.321 e. The van der Waals surface area contributed by atoms with Crippen LogP contribution in [0.5, 0.6) is 0 Å². The minimum absolute atomic E-state index is 0.439. The Hall–Kier alpha value is -2.30. The van der Waals surface area contributed by atoms with Crippen LogP contribution in [0.2, 0.25) is 5.02 Å². The van der Waals surface area contributed by atoms with Crippen LogP contribution in [0, 0.1) is 0 Å². The number of benzene rings is 2. The first-order chi connectivity index (χ1) is 11.5. The zero-order valence-electron chi connectivity index (χ0n) is 13.1.